The van der Waals surface area contributed by atoms with E-state index in [4.69, 9.17) is 21.7 Å². The zero-order valence-corrected chi connectivity index (χ0v) is 24.5. The molecule has 1 heterocycles. The second-order valence-corrected chi connectivity index (χ2v) is 10.3. The first-order chi connectivity index (χ1) is 21.0. The second kappa shape index (κ2) is 14.2. The Hall–Kier alpha value is -5.30. The Morgan fingerprint density at radius 1 is 1.23 bits per heavy atom. The van der Waals surface area contributed by atoms with Gasteiger partial charge in [-0.05, 0) is 55.3 Å². The number of hydrogen-bond acceptors (Lipinski definition) is 7. The fourth-order valence-electron chi connectivity index (χ4n) is 4.50. The number of halogens is 1. The summed E-state index contributed by atoms with van der Waals surface area (Å²) >= 11 is 0. The van der Waals surface area contributed by atoms with Crippen LogP contribution in [-0.2, 0) is 27.3 Å². The molecular weight excluding hydrogens is 567 g/mol. The molecule has 0 fully saturated rings. The van der Waals surface area contributed by atoms with E-state index in [2.05, 4.69) is 15.6 Å². The summed E-state index contributed by atoms with van der Waals surface area (Å²) in [5.41, 5.74) is 9.34. The fourth-order valence-corrected chi connectivity index (χ4v) is 4.50. The Morgan fingerprint density at radius 3 is 2.73 bits per heavy atom. The summed E-state index contributed by atoms with van der Waals surface area (Å²) in [6.07, 6.45) is 3.25. The third-order valence-corrected chi connectivity index (χ3v) is 7.06. The Balaban J connectivity index is 1.32. The van der Waals surface area contributed by atoms with Gasteiger partial charge in [0, 0.05) is 30.4 Å². The van der Waals surface area contributed by atoms with Gasteiger partial charge in [0.05, 0.1) is 17.8 Å². The lowest BCUT2D eigenvalue weighted by Gasteiger charge is -2.21. The van der Waals surface area contributed by atoms with Crippen LogP contribution in [0.2, 0.25) is 0 Å². The zero-order valence-electron chi connectivity index (χ0n) is 24.5. The maximum absolute atomic E-state index is 13.9. The molecule has 2 unspecified atom stereocenters. The number of anilines is 3. The quantitative estimate of drug-likeness (QED) is 0.0706. The van der Waals surface area contributed by atoms with Gasteiger partial charge in [-0.25, -0.2) is 10.2 Å². The number of nitrogens with one attached hydrogen (secondary N) is 2. The van der Waals surface area contributed by atoms with Gasteiger partial charge in [0.1, 0.15) is 36.6 Å². The van der Waals surface area contributed by atoms with Gasteiger partial charge in [-0.2, -0.15) is 0 Å². The summed E-state index contributed by atoms with van der Waals surface area (Å²) in [5.74, 6) is 4.88. The van der Waals surface area contributed by atoms with E-state index in [1.165, 1.54) is 28.5 Å². The van der Waals surface area contributed by atoms with Gasteiger partial charge in [0.25, 0.3) is 5.91 Å². The van der Waals surface area contributed by atoms with Gasteiger partial charge in [-0.1, -0.05) is 24.3 Å². The minimum Gasteiger partial charge on any atom is -0.489 e. The lowest BCUT2D eigenvalue weighted by Crippen LogP contribution is -2.51. The molecule has 13 heteroatoms. The first kappa shape index (κ1) is 31.6. The summed E-state index contributed by atoms with van der Waals surface area (Å²) < 4.78 is 19.7. The number of hydrogen-bond donors (Lipinski definition) is 5. The number of benzene rings is 3. The topological polar surface area (TPSA) is 181 Å². The molecule has 0 aromatic heterocycles. The molecule has 0 saturated heterocycles. The third kappa shape index (κ3) is 7.95. The fraction of sp³-hybridized carbons (Fsp3) is 0.258. The maximum Gasteiger partial charge on any atom is 0.252 e. The highest BCUT2D eigenvalue weighted by molar-refractivity contribution is 6.01. The van der Waals surface area contributed by atoms with Crippen LogP contribution in [0, 0.1) is 5.82 Å². The van der Waals surface area contributed by atoms with Gasteiger partial charge < -0.3 is 26.0 Å². The number of fused-ring (bicyclic) bond motifs is 1. The second-order valence-electron chi connectivity index (χ2n) is 10.3. The molecule has 8 N–H and O–H groups in total. The Kier molecular flexibility index (Phi) is 10.2. The largest absolute Gasteiger partial charge is 0.489 e. The molecule has 2 atom stereocenters. The van der Waals surface area contributed by atoms with Crippen LogP contribution in [0.5, 0.6) is 5.75 Å². The van der Waals surface area contributed by atoms with Gasteiger partial charge in [-0.15, -0.1) is 0 Å². The molecule has 44 heavy (non-hydrogen) atoms. The van der Waals surface area contributed by atoms with E-state index in [1.54, 1.807) is 62.5 Å². The van der Waals surface area contributed by atoms with Crippen LogP contribution in [0.1, 0.15) is 30.0 Å². The van der Waals surface area contributed by atoms with Crippen LogP contribution in [0.25, 0.3) is 0 Å². The number of ether oxygens (including phenoxy) is 1. The average Bonchev–Trinajstić information content (AvgIpc) is 3.12. The van der Waals surface area contributed by atoms with Crippen molar-refractivity contribution in [3.05, 3.63) is 83.2 Å². The Labute approximate surface area is 254 Å². The number of rotatable bonds is 11. The zero-order chi connectivity index (χ0) is 31.8. The Bertz CT molecular complexity index is 1580. The first-order valence-corrected chi connectivity index (χ1v) is 13.9. The van der Waals surface area contributed by atoms with E-state index >= 15 is 0 Å². The van der Waals surface area contributed by atoms with Gasteiger partial charge in [0.2, 0.25) is 11.8 Å². The molecule has 0 aliphatic carbocycles. The third-order valence-electron chi connectivity index (χ3n) is 7.06. The number of carbonyl (C=O) groups excluding carboxylic acids is 3. The average molecular weight is 604 g/mol. The first-order valence-electron chi connectivity index (χ1n) is 13.9. The van der Waals surface area contributed by atoms with Crippen LogP contribution in [0.15, 0.2) is 65.7 Å². The number of nitrogens with two attached hydrogens (primary N) is 3. The van der Waals surface area contributed by atoms with E-state index in [1.807, 2.05) is 6.07 Å². The van der Waals surface area contributed by atoms with E-state index in [-0.39, 0.29) is 31.4 Å². The van der Waals surface area contributed by atoms with Gasteiger partial charge in [0.15, 0.2) is 6.21 Å². The number of hydrazine groups is 1. The maximum atomic E-state index is 13.9. The molecule has 3 aromatic rings. The van der Waals surface area contributed by atoms with Crippen molar-refractivity contribution in [2.24, 2.45) is 10.8 Å². The minimum absolute atomic E-state index is 0.0618. The SMILES string of the molecule is CC(N=CN(N)Cc1ccccc1F)C(=O)NC1COc2ccc(CCC(=O)Nc3ccc(C=[NH2+])c(N)c3)cc2N(C)C1=O. The summed E-state index contributed by atoms with van der Waals surface area (Å²) in [7, 11) is 1.59. The number of aliphatic imine (C=N–C) groups is 1. The van der Waals surface area contributed by atoms with Gasteiger partial charge in [-0.3, -0.25) is 29.8 Å². The van der Waals surface area contributed by atoms with Crippen LogP contribution in [0.3, 0.4) is 0 Å². The lowest BCUT2D eigenvalue weighted by molar-refractivity contribution is -0.128. The monoisotopic (exact) mass is 603 g/mol. The van der Waals surface area contributed by atoms with E-state index < -0.39 is 23.8 Å². The number of carbonyl (C=O) groups is 3. The predicted octanol–water partition coefficient (Wildman–Crippen LogP) is 0.790. The number of nitrogen functional groups attached to an aromatic ring is 1. The number of nitrogens with zero attached hydrogens (tertiary/aromatic N) is 3. The van der Waals surface area contributed by atoms with Crippen molar-refractivity contribution in [3.63, 3.8) is 0 Å². The predicted molar refractivity (Wildman–Crippen MR) is 166 cm³/mol. The van der Waals surface area contributed by atoms with Crippen LogP contribution in [0.4, 0.5) is 21.5 Å². The smallest absolute Gasteiger partial charge is 0.252 e. The van der Waals surface area contributed by atoms with Crippen molar-refractivity contribution >= 4 is 47.3 Å². The lowest BCUT2D eigenvalue weighted by atomic mass is 10.1. The molecule has 0 radical (unpaired) electrons. The van der Waals surface area contributed by atoms with Crippen molar-refractivity contribution in [1.82, 2.24) is 10.3 Å². The molecule has 1 aliphatic rings. The minimum atomic E-state index is -0.963. The standard InChI is InChI=1S/C31H35FN8O4/c1-19(36-18-40(35)16-22-5-3-4-6-24(22)32)30(42)38-26-17-44-28-11-7-20(13-27(28)39(2)31(26)43)8-12-29(41)37-23-10-9-21(15-33)25(34)14-23/h3-7,9-11,13-15,18-19,26,33H,8,12,16-17,34-35H2,1-2H3,(H,37,41)(H,38,42)/p+1. The number of likely N-dealkylation sites (N-methyl/N-ethyl adjacent to an activating group) is 1. The van der Waals surface area contributed by atoms with Crippen LogP contribution in [-0.4, -0.2) is 61.0 Å². The summed E-state index contributed by atoms with van der Waals surface area (Å²) in [6.45, 7) is 1.53. The molecular formula is C31H36FN8O4+. The number of amides is 3. The molecule has 3 aromatic carbocycles. The highest BCUT2D eigenvalue weighted by Gasteiger charge is 2.31. The van der Waals surface area contributed by atoms with Crippen molar-refractivity contribution in [2.45, 2.75) is 38.4 Å². The van der Waals surface area contributed by atoms with E-state index in [0.29, 0.717) is 40.4 Å². The van der Waals surface area contributed by atoms with Crippen LogP contribution < -0.4 is 37.3 Å². The van der Waals surface area contributed by atoms with Crippen LogP contribution >= 0.6 is 0 Å². The molecule has 230 valence electrons. The molecule has 0 spiro atoms. The normalized spacial score (nSPS) is 15.1. The van der Waals surface area contributed by atoms with Crippen molar-refractivity contribution in [2.75, 3.05) is 29.6 Å². The molecule has 4 rings (SSSR count). The van der Waals surface area contributed by atoms with Crippen molar-refractivity contribution in [3.8, 4) is 5.75 Å². The number of aryl methyl sites for hydroxylation is 1. The molecule has 0 bridgehead atoms. The highest BCUT2D eigenvalue weighted by atomic mass is 19.1. The Morgan fingerprint density at radius 2 is 2.00 bits per heavy atom. The summed E-state index contributed by atoms with van der Waals surface area (Å²) in [6, 6.07) is 14.8. The van der Waals surface area contributed by atoms with Crippen molar-refractivity contribution < 1.29 is 28.9 Å². The van der Waals surface area contributed by atoms with Gasteiger partial charge >= 0.3 is 0 Å². The van der Waals surface area contributed by atoms with Crippen molar-refractivity contribution in [1.29, 1.82) is 0 Å². The summed E-state index contributed by atoms with van der Waals surface area (Å²) in [4.78, 5) is 44.2. The molecule has 0 saturated carbocycles. The molecule has 12 nitrogen and oxygen atoms in total. The molecule has 1 aliphatic heterocycles. The summed E-state index contributed by atoms with van der Waals surface area (Å²) in [5, 5.41) is 12.2. The van der Waals surface area contributed by atoms with E-state index in [9.17, 15) is 18.8 Å². The van der Waals surface area contributed by atoms with E-state index in [0.717, 1.165) is 5.56 Å². The molecule has 3 amide bonds. The highest BCUT2D eigenvalue weighted by Crippen LogP contribution is 2.32.